The Morgan fingerprint density at radius 1 is 1.33 bits per heavy atom. The zero-order chi connectivity index (χ0) is 19.6. The molecule has 0 aliphatic carbocycles. The number of anilines is 1. The minimum Gasteiger partial charge on any atom is -0.495 e. The zero-order valence-corrected chi connectivity index (χ0v) is 16.4. The molecule has 3 amide bonds. The summed E-state index contributed by atoms with van der Waals surface area (Å²) >= 11 is 6.03. The van der Waals surface area contributed by atoms with Gasteiger partial charge in [-0.25, -0.2) is 13.2 Å². The van der Waals surface area contributed by atoms with Crippen LogP contribution in [0.25, 0.3) is 0 Å². The summed E-state index contributed by atoms with van der Waals surface area (Å²) < 4.78 is 29.5. The Labute approximate surface area is 162 Å². The van der Waals surface area contributed by atoms with E-state index in [4.69, 9.17) is 16.3 Å². The minimum absolute atomic E-state index is 0.0280. The first-order valence-electron chi connectivity index (χ1n) is 8.72. The van der Waals surface area contributed by atoms with Crippen molar-refractivity contribution in [1.29, 1.82) is 0 Å². The van der Waals surface area contributed by atoms with Gasteiger partial charge in [0.1, 0.15) is 5.75 Å². The highest BCUT2D eigenvalue weighted by molar-refractivity contribution is 7.92. The first kappa shape index (κ1) is 19.8. The molecule has 2 heterocycles. The maximum atomic E-state index is 12.2. The molecular formula is C17H22ClN3O5S. The third kappa shape index (κ3) is 4.47. The van der Waals surface area contributed by atoms with Crippen LogP contribution in [-0.2, 0) is 14.6 Å². The Morgan fingerprint density at radius 3 is 2.81 bits per heavy atom. The number of nitrogens with one attached hydrogen (secondary N) is 3. The van der Waals surface area contributed by atoms with Crippen LogP contribution < -0.4 is 20.7 Å². The number of ether oxygens (including phenoxy) is 1. The second kappa shape index (κ2) is 7.93. The molecular weight excluding hydrogens is 394 g/mol. The van der Waals surface area contributed by atoms with Gasteiger partial charge in [0.15, 0.2) is 9.84 Å². The van der Waals surface area contributed by atoms with Crippen LogP contribution in [0, 0.1) is 0 Å². The van der Waals surface area contributed by atoms with Crippen molar-refractivity contribution in [3.8, 4) is 5.75 Å². The van der Waals surface area contributed by atoms with Crippen molar-refractivity contribution in [2.75, 3.05) is 18.2 Å². The molecule has 3 atom stereocenters. The molecule has 148 valence electrons. The molecule has 2 aliphatic heterocycles. The van der Waals surface area contributed by atoms with E-state index in [2.05, 4.69) is 16.0 Å². The predicted molar refractivity (Wildman–Crippen MR) is 102 cm³/mol. The van der Waals surface area contributed by atoms with Crippen molar-refractivity contribution in [1.82, 2.24) is 10.6 Å². The normalized spacial score (nSPS) is 25.4. The van der Waals surface area contributed by atoms with Crippen molar-refractivity contribution in [2.24, 2.45) is 0 Å². The molecule has 1 aromatic rings. The van der Waals surface area contributed by atoms with Crippen molar-refractivity contribution >= 4 is 39.1 Å². The van der Waals surface area contributed by atoms with Crippen molar-refractivity contribution < 1.29 is 22.7 Å². The maximum absolute atomic E-state index is 12.2. The van der Waals surface area contributed by atoms with E-state index in [1.54, 1.807) is 18.2 Å². The van der Waals surface area contributed by atoms with E-state index in [1.165, 1.54) is 7.11 Å². The molecule has 27 heavy (non-hydrogen) atoms. The first-order valence-corrected chi connectivity index (χ1v) is 10.8. The van der Waals surface area contributed by atoms with E-state index >= 15 is 0 Å². The fourth-order valence-electron chi connectivity index (χ4n) is 3.60. The summed E-state index contributed by atoms with van der Waals surface area (Å²) in [4.78, 5) is 23.4. The van der Waals surface area contributed by atoms with Crippen LogP contribution in [0.4, 0.5) is 10.5 Å². The number of carbonyl (C=O) groups excluding carboxylic acids is 2. The number of sulfone groups is 1. The minimum atomic E-state index is -3.23. The fourth-order valence-corrected chi connectivity index (χ4v) is 6.13. The van der Waals surface area contributed by atoms with Gasteiger partial charge in [-0.05, 0) is 31.0 Å². The third-order valence-corrected chi connectivity index (χ3v) is 7.47. The molecule has 3 N–H and O–H groups in total. The number of rotatable bonds is 7. The summed E-state index contributed by atoms with van der Waals surface area (Å²) in [5.74, 6) is 0.332. The number of carbonyl (C=O) groups is 2. The fraction of sp³-hybridized carbons (Fsp3) is 0.529. The van der Waals surface area contributed by atoms with E-state index in [9.17, 15) is 18.0 Å². The van der Waals surface area contributed by atoms with Gasteiger partial charge in [0.2, 0.25) is 5.91 Å². The molecule has 2 aliphatic rings. The Balaban J connectivity index is 1.45. The number of amides is 3. The standard InChI is InChI=1S/C17H22ClN3O5S/c1-26-13-7-6-10(8-11(13)18)19-15(22)5-3-2-4-14-16-12(9-27(14,24)25)20-17(23)21-16/h6-8,12,14,16H,2-5,9H2,1H3,(H,19,22)(H2,20,21,23)/t12-,14+,16+/m0/s1. The SMILES string of the molecule is COc1ccc(NC(=O)CCCC[C@@H]2[C@@H]3NC(=O)N[C@H]3CS2(=O)=O)cc1Cl. The highest BCUT2D eigenvalue weighted by Gasteiger charge is 2.51. The van der Waals surface area contributed by atoms with Gasteiger partial charge in [-0.15, -0.1) is 0 Å². The number of methoxy groups -OCH3 is 1. The van der Waals surface area contributed by atoms with Gasteiger partial charge in [-0.3, -0.25) is 4.79 Å². The lowest BCUT2D eigenvalue weighted by Crippen LogP contribution is -2.39. The van der Waals surface area contributed by atoms with Crippen molar-refractivity contribution in [2.45, 2.75) is 43.0 Å². The molecule has 2 saturated heterocycles. The van der Waals surface area contributed by atoms with Gasteiger partial charge in [0.05, 0.1) is 35.2 Å². The average Bonchev–Trinajstić information content (AvgIpc) is 3.03. The average molecular weight is 416 g/mol. The topological polar surface area (TPSA) is 114 Å². The monoisotopic (exact) mass is 415 g/mol. The molecule has 3 rings (SSSR count). The van der Waals surface area contributed by atoms with Crippen LogP contribution in [-0.4, -0.2) is 50.6 Å². The molecule has 0 aromatic heterocycles. The van der Waals surface area contributed by atoms with Gasteiger partial charge in [-0.1, -0.05) is 18.0 Å². The molecule has 10 heteroatoms. The van der Waals surface area contributed by atoms with Gasteiger partial charge >= 0.3 is 6.03 Å². The number of hydrogen-bond acceptors (Lipinski definition) is 5. The van der Waals surface area contributed by atoms with Crippen LogP contribution in [0.3, 0.4) is 0 Å². The van der Waals surface area contributed by atoms with Gasteiger partial charge in [0.25, 0.3) is 0 Å². The number of benzene rings is 1. The predicted octanol–water partition coefficient (Wildman–Crippen LogP) is 1.69. The molecule has 8 nitrogen and oxygen atoms in total. The van der Waals surface area contributed by atoms with Crippen LogP contribution in [0.1, 0.15) is 25.7 Å². The first-order chi connectivity index (χ1) is 12.8. The molecule has 1 aromatic carbocycles. The van der Waals surface area contributed by atoms with Gasteiger partial charge in [-0.2, -0.15) is 0 Å². The molecule has 0 saturated carbocycles. The molecule has 2 fully saturated rings. The third-order valence-electron chi connectivity index (χ3n) is 4.90. The smallest absolute Gasteiger partial charge is 0.315 e. The van der Waals surface area contributed by atoms with Crippen LogP contribution in [0.2, 0.25) is 5.02 Å². The van der Waals surface area contributed by atoms with Gasteiger partial charge < -0.3 is 20.7 Å². The highest BCUT2D eigenvalue weighted by Crippen LogP contribution is 2.29. The van der Waals surface area contributed by atoms with E-state index in [0.29, 0.717) is 35.7 Å². The molecule has 0 unspecified atom stereocenters. The summed E-state index contributed by atoms with van der Waals surface area (Å²) in [6.45, 7) is 0. The Kier molecular flexibility index (Phi) is 5.81. The lowest BCUT2D eigenvalue weighted by atomic mass is 10.0. The second-order valence-corrected chi connectivity index (χ2v) is 9.43. The van der Waals surface area contributed by atoms with E-state index in [-0.39, 0.29) is 36.2 Å². The summed E-state index contributed by atoms with van der Waals surface area (Å²) in [5, 5.41) is 7.89. The highest BCUT2D eigenvalue weighted by atomic mass is 35.5. The lowest BCUT2D eigenvalue weighted by molar-refractivity contribution is -0.116. The van der Waals surface area contributed by atoms with E-state index in [1.807, 2.05) is 0 Å². The van der Waals surface area contributed by atoms with E-state index in [0.717, 1.165) is 0 Å². The van der Waals surface area contributed by atoms with E-state index < -0.39 is 15.1 Å². The zero-order valence-electron chi connectivity index (χ0n) is 14.8. The van der Waals surface area contributed by atoms with Crippen LogP contribution in [0.5, 0.6) is 5.75 Å². The van der Waals surface area contributed by atoms with Crippen LogP contribution >= 0.6 is 11.6 Å². The van der Waals surface area contributed by atoms with Crippen molar-refractivity contribution in [3.63, 3.8) is 0 Å². The van der Waals surface area contributed by atoms with Crippen molar-refractivity contribution in [3.05, 3.63) is 23.2 Å². The Morgan fingerprint density at radius 2 is 2.11 bits per heavy atom. The molecule has 0 radical (unpaired) electrons. The second-order valence-electron chi connectivity index (χ2n) is 6.76. The Hall–Kier alpha value is -2.00. The summed E-state index contributed by atoms with van der Waals surface area (Å²) in [5.41, 5.74) is 0.576. The molecule has 0 spiro atoms. The maximum Gasteiger partial charge on any atom is 0.315 e. The number of halogens is 1. The Bertz CT molecular complexity index is 845. The number of fused-ring (bicyclic) bond motifs is 1. The molecule has 0 bridgehead atoms. The number of hydrogen-bond donors (Lipinski definition) is 3. The van der Waals surface area contributed by atoms with Crippen LogP contribution in [0.15, 0.2) is 18.2 Å². The summed E-state index contributed by atoms with van der Waals surface area (Å²) in [6, 6.07) is 3.93. The quantitative estimate of drug-likeness (QED) is 0.463. The summed E-state index contributed by atoms with van der Waals surface area (Å²) in [6.07, 6.45) is 1.84. The van der Waals surface area contributed by atoms with Gasteiger partial charge in [0, 0.05) is 12.1 Å². The largest absolute Gasteiger partial charge is 0.495 e. The number of unbranched alkanes of at least 4 members (excludes halogenated alkanes) is 1. The number of urea groups is 1. The lowest BCUT2D eigenvalue weighted by Gasteiger charge is -2.16. The summed E-state index contributed by atoms with van der Waals surface area (Å²) in [7, 11) is -1.72.